The van der Waals surface area contributed by atoms with Crippen molar-refractivity contribution in [1.82, 2.24) is 20.4 Å². The van der Waals surface area contributed by atoms with Crippen molar-refractivity contribution in [3.8, 4) is 0 Å². The van der Waals surface area contributed by atoms with Crippen LogP contribution in [0.1, 0.15) is 25.7 Å². The van der Waals surface area contributed by atoms with E-state index in [-0.39, 0.29) is 0 Å². The first kappa shape index (κ1) is 12.9. The van der Waals surface area contributed by atoms with Gasteiger partial charge in [-0.3, -0.25) is 4.90 Å². The van der Waals surface area contributed by atoms with Crippen LogP contribution in [0.2, 0.25) is 0 Å². The van der Waals surface area contributed by atoms with Crippen LogP contribution < -0.4 is 10.6 Å². The van der Waals surface area contributed by atoms with Crippen molar-refractivity contribution in [3.63, 3.8) is 0 Å². The highest BCUT2D eigenvalue weighted by atomic mass is 15.2. The minimum Gasteiger partial charge on any atom is -0.315 e. The van der Waals surface area contributed by atoms with Gasteiger partial charge in [-0.1, -0.05) is 0 Å². The van der Waals surface area contributed by atoms with Crippen molar-refractivity contribution in [2.45, 2.75) is 37.8 Å². The van der Waals surface area contributed by atoms with Crippen molar-refractivity contribution in [2.75, 3.05) is 52.4 Å². The highest BCUT2D eigenvalue weighted by molar-refractivity contribution is 4.91. The molecule has 3 aliphatic rings. The number of hydrogen-bond donors (Lipinski definition) is 2. The van der Waals surface area contributed by atoms with Crippen molar-refractivity contribution in [2.24, 2.45) is 0 Å². The SMILES string of the molecule is C1CNCCN(CCNC2CCN(C3CC3)C2)C1. The summed E-state index contributed by atoms with van der Waals surface area (Å²) in [6, 6.07) is 1.71. The summed E-state index contributed by atoms with van der Waals surface area (Å²) >= 11 is 0. The molecule has 0 spiro atoms. The zero-order valence-corrected chi connectivity index (χ0v) is 11.5. The number of rotatable bonds is 5. The van der Waals surface area contributed by atoms with Crippen molar-refractivity contribution in [1.29, 1.82) is 0 Å². The quantitative estimate of drug-likeness (QED) is 0.727. The Morgan fingerprint density at radius 2 is 2.00 bits per heavy atom. The topological polar surface area (TPSA) is 30.5 Å². The van der Waals surface area contributed by atoms with E-state index in [9.17, 15) is 0 Å². The number of nitrogens with zero attached hydrogens (tertiary/aromatic N) is 2. The smallest absolute Gasteiger partial charge is 0.0207 e. The van der Waals surface area contributed by atoms with Crippen LogP contribution in [0, 0.1) is 0 Å². The lowest BCUT2D eigenvalue weighted by atomic mass is 10.2. The van der Waals surface area contributed by atoms with Gasteiger partial charge in [0.25, 0.3) is 0 Å². The Kier molecular flexibility index (Phi) is 4.52. The molecule has 1 unspecified atom stereocenters. The van der Waals surface area contributed by atoms with Crippen LogP contribution in [0.15, 0.2) is 0 Å². The van der Waals surface area contributed by atoms with E-state index in [1.165, 1.54) is 78.0 Å². The first-order chi connectivity index (χ1) is 8.92. The molecule has 0 aromatic carbocycles. The Balaban J connectivity index is 1.29. The van der Waals surface area contributed by atoms with Crippen LogP contribution in [-0.2, 0) is 0 Å². The highest BCUT2D eigenvalue weighted by Crippen LogP contribution is 2.29. The van der Waals surface area contributed by atoms with Gasteiger partial charge >= 0.3 is 0 Å². The monoisotopic (exact) mass is 252 g/mol. The normalized spacial score (nSPS) is 31.7. The van der Waals surface area contributed by atoms with Crippen LogP contribution in [0.25, 0.3) is 0 Å². The molecule has 4 nitrogen and oxygen atoms in total. The van der Waals surface area contributed by atoms with Crippen molar-refractivity contribution < 1.29 is 0 Å². The minimum absolute atomic E-state index is 0.760. The lowest BCUT2D eigenvalue weighted by Gasteiger charge is -2.21. The molecule has 1 saturated carbocycles. The second-order valence-electron chi connectivity index (χ2n) is 6.11. The van der Waals surface area contributed by atoms with E-state index in [0.717, 1.165) is 12.1 Å². The highest BCUT2D eigenvalue weighted by Gasteiger charge is 2.33. The minimum atomic E-state index is 0.760. The van der Waals surface area contributed by atoms with Crippen LogP contribution in [0.5, 0.6) is 0 Å². The standard InChI is InChI=1S/C14H28N4/c1-5-15-6-10-17(8-1)11-7-16-13-4-9-18(12-13)14-2-3-14/h13-16H,1-12H2. The molecule has 2 aliphatic heterocycles. The van der Waals surface area contributed by atoms with Gasteiger partial charge in [0, 0.05) is 51.4 Å². The summed E-state index contributed by atoms with van der Waals surface area (Å²) in [6.07, 6.45) is 5.57. The molecule has 18 heavy (non-hydrogen) atoms. The fraction of sp³-hybridized carbons (Fsp3) is 1.00. The van der Waals surface area contributed by atoms with E-state index in [1.807, 2.05) is 0 Å². The molecule has 0 aromatic heterocycles. The van der Waals surface area contributed by atoms with E-state index >= 15 is 0 Å². The second kappa shape index (κ2) is 6.33. The number of nitrogens with one attached hydrogen (secondary N) is 2. The molecule has 1 atom stereocenters. The Morgan fingerprint density at radius 1 is 1.06 bits per heavy atom. The zero-order valence-electron chi connectivity index (χ0n) is 11.5. The van der Waals surface area contributed by atoms with Gasteiger partial charge in [-0.05, 0) is 38.8 Å². The fourth-order valence-corrected chi connectivity index (χ4v) is 3.28. The molecule has 2 heterocycles. The Labute approximate surface area is 111 Å². The second-order valence-corrected chi connectivity index (χ2v) is 6.11. The summed E-state index contributed by atoms with van der Waals surface area (Å²) in [5, 5.41) is 7.22. The Bertz CT molecular complexity index is 246. The van der Waals surface area contributed by atoms with Gasteiger partial charge in [0.05, 0.1) is 0 Å². The number of likely N-dealkylation sites (tertiary alicyclic amines) is 1. The molecule has 4 heteroatoms. The average Bonchev–Trinajstić information content (AvgIpc) is 3.16. The van der Waals surface area contributed by atoms with Gasteiger partial charge in [-0.25, -0.2) is 0 Å². The van der Waals surface area contributed by atoms with Crippen LogP contribution in [0.4, 0.5) is 0 Å². The molecule has 3 rings (SSSR count). The summed E-state index contributed by atoms with van der Waals surface area (Å²) in [5.41, 5.74) is 0. The molecule has 3 fully saturated rings. The third-order valence-electron chi connectivity index (χ3n) is 4.58. The van der Waals surface area contributed by atoms with E-state index in [2.05, 4.69) is 20.4 Å². The lowest BCUT2D eigenvalue weighted by molar-refractivity contribution is 0.281. The Morgan fingerprint density at radius 3 is 2.89 bits per heavy atom. The van der Waals surface area contributed by atoms with Gasteiger partial charge in [-0.2, -0.15) is 0 Å². The summed E-state index contributed by atoms with van der Waals surface area (Å²) in [7, 11) is 0. The summed E-state index contributed by atoms with van der Waals surface area (Å²) in [4.78, 5) is 5.29. The largest absolute Gasteiger partial charge is 0.315 e. The maximum Gasteiger partial charge on any atom is 0.0207 e. The van der Waals surface area contributed by atoms with E-state index in [4.69, 9.17) is 0 Å². The van der Waals surface area contributed by atoms with Gasteiger partial charge in [0.1, 0.15) is 0 Å². The molecule has 0 bridgehead atoms. The van der Waals surface area contributed by atoms with Crippen molar-refractivity contribution >= 4 is 0 Å². The molecule has 0 radical (unpaired) electrons. The maximum absolute atomic E-state index is 3.76. The molecule has 2 saturated heterocycles. The first-order valence-corrected chi connectivity index (χ1v) is 7.82. The molecular weight excluding hydrogens is 224 g/mol. The molecule has 0 amide bonds. The molecule has 1 aliphatic carbocycles. The van der Waals surface area contributed by atoms with E-state index in [0.29, 0.717) is 0 Å². The van der Waals surface area contributed by atoms with Gasteiger partial charge in [-0.15, -0.1) is 0 Å². The van der Waals surface area contributed by atoms with E-state index < -0.39 is 0 Å². The van der Waals surface area contributed by atoms with E-state index in [1.54, 1.807) is 0 Å². The van der Waals surface area contributed by atoms with Crippen molar-refractivity contribution in [3.05, 3.63) is 0 Å². The Hall–Kier alpha value is -0.160. The van der Waals surface area contributed by atoms with Gasteiger partial charge < -0.3 is 15.5 Å². The third kappa shape index (κ3) is 3.67. The predicted octanol–water partition coefficient (Wildman–Crippen LogP) is 0.108. The molecular formula is C14H28N4. The van der Waals surface area contributed by atoms with Crippen LogP contribution in [0.3, 0.4) is 0 Å². The summed E-state index contributed by atoms with van der Waals surface area (Å²) < 4.78 is 0. The zero-order chi connectivity index (χ0) is 12.2. The van der Waals surface area contributed by atoms with Gasteiger partial charge in [0.2, 0.25) is 0 Å². The first-order valence-electron chi connectivity index (χ1n) is 7.82. The van der Waals surface area contributed by atoms with Crippen LogP contribution in [-0.4, -0.2) is 74.2 Å². The average molecular weight is 252 g/mol. The van der Waals surface area contributed by atoms with Gasteiger partial charge in [0.15, 0.2) is 0 Å². The maximum atomic E-state index is 3.76. The molecule has 2 N–H and O–H groups in total. The molecule has 104 valence electrons. The molecule has 0 aromatic rings. The summed E-state index contributed by atoms with van der Waals surface area (Å²) in [5.74, 6) is 0. The summed E-state index contributed by atoms with van der Waals surface area (Å²) in [6.45, 7) is 9.88. The predicted molar refractivity (Wildman–Crippen MR) is 74.9 cm³/mol. The van der Waals surface area contributed by atoms with Crippen LogP contribution >= 0.6 is 0 Å². The third-order valence-corrected chi connectivity index (χ3v) is 4.58. The fourth-order valence-electron chi connectivity index (χ4n) is 3.28. The number of hydrogen-bond acceptors (Lipinski definition) is 4. The lowest BCUT2D eigenvalue weighted by Crippen LogP contribution is -2.39.